The quantitative estimate of drug-likeness (QED) is 0.793. The van der Waals surface area contributed by atoms with Gasteiger partial charge in [-0.25, -0.2) is 8.42 Å². The Kier molecular flexibility index (Phi) is 4.94. The first-order valence-corrected chi connectivity index (χ1v) is 11.2. The largest absolute Gasteiger partial charge is 0.340 e. The van der Waals surface area contributed by atoms with E-state index in [0.717, 1.165) is 24.6 Å². The second kappa shape index (κ2) is 7.21. The lowest BCUT2D eigenvalue weighted by atomic mass is 10.0. The average molecular weight is 395 g/mol. The molecule has 0 N–H and O–H groups in total. The van der Waals surface area contributed by atoms with Crippen LogP contribution < -0.4 is 0 Å². The molecule has 140 valence electrons. The predicted octanol–water partition coefficient (Wildman–Crippen LogP) is 2.10. The molecule has 2 heterocycles. The first-order chi connectivity index (χ1) is 12.6. The number of hydrogen-bond acceptors (Lipinski definition) is 6. The average Bonchev–Trinajstić information content (AvgIpc) is 3.32. The number of piperazine rings is 1. The van der Waals surface area contributed by atoms with Crippen LogP contribution >= 0.6 is 11.7 Å². The second-order valence-corrected chi connectivity index (χ2v) is 9.46. The molecule has 0 bridgehead atoms. The van der Waals surface area contributed by atoms with Gasteiger partial charge in [-0.15, -0.1) is 0 Å². The van der Waals surface area contributed by atoms with Gasteiger partial charge in [0.1, 0.15) is 15.9 Å². The monoisotopic (exact) mass is 394 g/mol. The first kappa shape index (κ1) is 17.8. The van der Waals surface area contributed by atoms with Gasteiger partial charge in [0.05, 0.1) is 11.7 Å². The van der Waals surface area contributed by atoms with E-state index in [-0.39, 0.29) is 10.8 Å². The Bertz CT molecular complexity index is 898. The Morgan fingerprint density at radius 3 is 2.58 bits per heavy atom. The van der Waals surface area contributed by atoms with Gasteiger partial charge in [-0.05, 0) is 30.9 Å². The van der Waals surface area contributed by atoms with Crippen molar-refractivity contribution in [3.05, 3.63) is 18.2 Å². The maximum atomic E-state index is 13.0. The van der Waals surface area contributed by atoms with Crippen molar-refractivity contribution in [2.24, 2.45) is 5.92 Å². The van der Waals surface area contributed by atoms with Crippen LogP contribution in [0, 0.1) is 5.92 Å². The van der Waals surface area contributed by atoms with Crippen LogP contribution in [0.5, 0.6) is 0 Å². The summed E-state index contributed by atoms with van der Waals surface area (Å²) in [5.74, 6) is 0.679. The number of aromatic nitrogens is 2. The lowest BCUT2D eigenvalue weighted by Crippen LogP contribution is -2.50. The van der Waals surface area contributed by atoms with Gasteiger partial charge < -0.3 is 4.90 Å². The predicted molar refractivity (Wildman–Crippen MR) is 99.3 cm³/mol. The van der Waals surface area contributed by atoms with E-state index in [2.05, 4.69) is 8.75 Å². The lowest BCUT2D eigenvalue weighted by molar-refractivity contribution is -0.133. The third kappa shape index (κ3) is 3.35. The fraction of sp³-hybridized carbons (Fsp3) is 0.588. The molecular weight excluding hydrogens is 372 g/mol. The van der Waals surface area contributed by atoms with Crippen molar-refractivity contribution in [1.82, 2.24) is 18.0 Å². The van der Waals surface area contributed by atoms with Crippen molar-refractivity contribution in [2.75, 3.05) is 26.2 Å². The number of benzene rings is 1. The molecule has 0 unspecified atom stereocenters. The SMILES string of the molecule is O=C(CC1CCCC1)N1CCN(S(=O)(=O)c2cccc3nsnc23)CC1. The molecule has 4 rings (SSSR count). The number of amides is 1. The molecule has 26 heavy (non-hydrogen) atoms. The van der Waals surface area contributed by atoms with Gasteiger partial charge in [-0.1, -0.05) is 18.9 Å². The summed E-state index contributed by atoms with van der Waals surface area (Å²) in [7, 11) is -3.63. The summed E-state index contributed by atoms with van der Waals surface area (Å²) in [5.41, 5.74) is 1.03. The van der Waals surface area contributed by atoms with Crippen LogP contribution in [0.3, 0.4) is 0 Å². The molecular formula is C17H22N4O3S2. The van der Waals surface area contributed by atoms with E-state index in [4.69, 9.17) is 0 Å². The van der Waals surface area contributed by atoms with Crippen molar-refractivity contribution in [2.45, 2.75) is 37.0 Å². The third-order valence-electron chi connectivity index (χ3n) is 5.40. The second-order valence-electron chi connectivity index (χ2n) is 7.03. The highest BCUT2D eigenvalue weighted by molar-refractivity contribution is 7.89. The van der Waals surface area contributed by atoms with Gasteiger partial charge >= 0.3 is 0 Å². The van der Waals surface area contributed by atoms with Crippen LogP contribution in [0.15, 0.2) is 23.1 Å². The smallest absolute Gasteiger partial charge is 0.245 e. The number of hydrogen-bond donors (Lipinski definition) is 0. The van der Waals surface area contributed by atoms with Gasteiger partial charge in [-0.2, -0.15) is 13.1 Å². The molecule has 2 aliphatic rings. The normalized spacial score (nSPS) is 20.1. The fourth-order valence-corrected chi connectivity index (χ4v) is 6.07. The third-order valence-corrected chi connectivity index (χ3v) is 7.87. The van der Waals surface area contributed by atoms with Crippen LogP contribution in [0.2, 0.25) is 0 Å². The van der Waals surface area contributed by atoms with Crippen LogP contribution in [0.25, 0.3) is 11.0 Å². The molecule has 7 nitrogen and oxygen atoms in total. The maximum Gasteiger partial charge on any atom is 0.245 e. The highest BCUT2D eigenvalue weighted by atomic mass is 32.2. The molecule has 1 saturated heterocycles. The van der Waals surface area contributed by atoms with Crippen LogP contribution in [-0.2, 0) is 14.8 Å². The number of carbonyl (C=O) groups excluding carboxylic acids is 1. The number of sulfonamides is 1. The van der Waals surface area contributed by atoms with E-state index < -0.39 is 10.0 Å². The van der Waals surface area contributed by atoms with E-state index in [0.29, 0.717) is 49.6 Å². The zero-order valence-corrected chi connectivity index (χ0v) is 16.1. The number of carbonyl (C=O) groups is 1. The summed E-state index contributed by atoms with van der Waals surface area (Å²) in [6.45, 7) is 1.56. The van der Waals surface area contributed by atoms with Crippen molar-refractivity contribution in [1.29, 1.82) is 0 Å². The van der Waals surface area contributed by atoms with Crippen molar-refractivity contribution < 1.29 is 13.2 Å². The summed E-state index contributed by atoms with van der Waals surface area (Å²) in [4.78, 5) is 14.5. The molecule has 1 saturated carbocycles. The Labute approximate surface area is 157 Å². The number of nitrogens with zero attached hydrogens (tertiary/aromatic N) is 4. The van der Waals surface area contributed by atoms with Crippen LogP contribution in [0.1, 0.15) is 32.1 Å². The number of fused-ring (bicyclic) bond motifs is 1. The van der Waals surface area contributed by atoms with E-state index in [1.165, 1.54) is 17.1 Å². The molecule has 0 spiro atoms. The molecule has 1 aliphatic heterocycles. The molecule has 1 amide bonds. The van der Waals surface area contributed by atoms with Crippen molar-refractivity contribution >= 4 is 38.7 Å². The van der Waals surface area contributed by atoms with Gasteiger partial charge in [0.25, 0.3) is 0 Å². The van der Waals surface area contributed by atoms with E-state index >= 15 is 0 Å². The van der Waals surface area contributed by atoms with Gasteiger partial charge in [0.15, 0.2) is 0 Å². The highest BCUT2D eigenvalue weighted by Crippen LogP contribution is 2.29. The molecule has 9 heteroatoms. The summed E-state index contributed by atoms with van der Waals surface area (Å²) in [6.07, 6.45) is 5.34. The molecule has 0 atom stereocenters. The standard InChI is InChI=1S/C17H22N4O3S2/c22-16(12-13-4-1-2-5-13)20-8-10-21(11-9-20)26(23,24)15-7-3-6-14-17(15)19-25-18-14/h3,6-7,13H,1-2,4-5,8-12H2. The maximum absolute atomic E-state index is 13.0. The Morgan fingerprint density at radius 2 is 1.85 bits per heavy atom. The van der Waals surface area contributed by atoms with E-state index in [1.807, 2.05) is 4.90 Å². The fourth-order valence-electron chi connectivity index (χ4n) is 3.90. The van der Waals surface area contributed by atoms with Gasteiger partial charge in [-0.3, -0.25) is 4.79 Å². The van der Waals surface area contributed by atoms with Crippen molar-refractivity contribution in [3.63, 3.8) is 0 Å². The molecule has 1 aromatic heterocycles. The molecule has 1 aliphatic carbocycles. The number of rotatable bonds is 4. The van der Waals surface area contributed by atoms with Crippen LogP contribution in [0.4, 0.5) is 0 Å². The molecule has 2 fully saturated rings. The summed E-state index contributed by atoms with van der Waals surface area (Å²) in [5, 5.41) is 0. The minimum Gasteiger partial charge on any atom is -0.340 e. The summed E-state index contributed by atoms with van der Waals surface area (Å²) in [6, 6.07) is 5.03. The zero-order chi connectivity index (χ0) is 18.1. The Morgan fingerprint density at radius 1 is 1.12 bits per heavy atom. The van der Waals surface area contributed by atoms with Gasteiger partial charge in [0.2, 0.25) is 15.9 Å². The highest BCUT2D eigenvalue weighted by Gasteiger charge is 2.32. The molecule has 2 aromatic rings. The Hall–Kier alpha value is -1.58. The van der Waals surface area contributed by atoms with Crippen molar-refractivity contribution in [3.8, 4) is 0 Å². The minimum absolute atomic E-state index is 0.166. The van der Waals surface area contributed by atoms with Crippen LogP contribution in [-0.4, -0.2) is 58.5 Å². The summed E-state index contributed by atoms with van der Waals surface area (Å²) < 4.78 is 35.7. The van der Waals surface area contributed by atoms with Gasteiger partial charge in [0, 0.05) is 32.6 Å². The minimum atomic E-state index is -3.63. The Balaban J connectivity index is 1.44. The molecule has 0 radical (unpaired) electrons. The van der Waals surface area contributed by atoms with E-state index in [1.54, 1.807) is 18.2 Å². The summed E-state index contributed by atoms with van der Waals surface area (Å²) >= 11 is 1.01. The molecule has 1 aromatic carbocycles. The lowest BCUT2D eigenvalue weighted by Gasteiger charge is -2.34. The van der Waals surface area contributed by atoms with E-state index in [9.17, 15) is 13.2 Å². The first-order valence-electron chi connectivity index (χ1n) is 9.05. The zero-order valence-electron chi connectivity index (χ0n) is 14.5. The topological polar surface area (TPSA) is 83.5 Å².